The zero-order valence-electron chi connectivity index (χ0n) is 46.7. The number of carbonyl (C=O) groups excluding carboxylic acids is 3. The van der Waals surface area contributed by atoms with Gasteiger partial charge >= 0.3 is 37.8 Å². The minimum Gasteiger partial charge on any atom is -0.455 e. The molecule has 1 aromatic carbocycles. The zero-order chi connectivity index (χ0) is 52.9. The van der Waals surface area contributed by atoms with Crippen molar-refractivity contribution in [1.29, 1.82) is 0 Å². The summed E-state index contributed by atoms with van der Waals surface area (Å²) in [5.41, 5.74) is -4.46. The fraction of sp³-hybridized carbons (Fsp3) is 0.788. The quantitative estimate of drug-likeness (QED) is 0.0691. The van der Waals surface area contributed by atoms with Gasteiger partial charge in [0.15, 0.2) is 11.4 Å². The lowest BCUT2D eigenvalue weighted by atomic mass is 9.44. The van der Waals surface area contributed by atoms with E-state index in [9.17, 15) is 4.79 Å². The van der Waals surface area contributed by atoms with Crippen molar-refractivity contribution >= 4 is 52.6 Å². The number of ketones is 1. The maximum atomic E-state index is 17.5. The second-order valence-corrected chi connectivity index (χ2v) is 38.3. The van der Waals surface area contributed by atoms with E-state index in [1.54, 1.807) is 45.6 Å². The smallest absolute Gasteiger partial charge is 0.455 e. The SMILES string of the molecule is COC(=O)O[C@@]12COC1C[C@H](O[Si](OC)(C(C)C)C(C)C)[C@@]1(C)C(=O)[C@H](O[Si](OC)(C(C)C)C(C)C)C3=C(C)[C@@H](O[Si](OC)(C(C)C)C(C)C)C[C@@](O[Si](C)C)(C(OC(=O)c4ccccc4)C21)C3(C)C. The van der Waals surface area contributed by atoms with E-state index in [1.165, 1.54) is 7.11 Å². The van der Waals surface area contributed by atoms with Crippen LogP contribution >= 0.6 is 0 Å². The second kappa shape index (κ2) is 21.6. The first-order valence-corrected chi connectivity index (χ1v) is 33.9. The summed E-state index contributed by atoms with van der Waals surface area (Å²) in [5.74, 6) is -2.14. The first kappa shape index (κ1) is 58.8. The lowest BCUT2D eigenvalue weighted by molar-refractivity contribution is -0.341. The van der Waals surface area contributed by atoms with E-state index in [4.69, 9.17) is 49.9 Å². The highest BCUT2D eigenvalue weighted by Gasteiger charge is 2.80. The normalized spacial score (nSPS) is 30.4. The molecule has 3 aliphatic carbocycles. The van der Waals surface area contributed by atoms with Gasteiger partial charge in [-0.1, -0.05) is 115 Å². The molecule has 4 aliphatic rings. The summed E-state index contributed by atoms with van der Waals surface area (Å²) in [6, 6.07) is 8.82. The summed E-state index contributed by atoms with van der Waals surface area (Å²) in [7, 11) is -5.16. The third-order valence-corrected chi connectivity index (χ3v) is 31.3. The monoisotopic (exact) mass is 1050 g/mol. The Hall–Kier alpha value is -2.08. The number of ether oxygens (including phenoxy) is 4. The number of rotatable bonds is 20. The number of carbonyl (C=O) groups is 3. The largest absolute Gasteiger partial charge is 0.508 e. The van der Waals surface area contributed by atoms with Crippen molar-refractivity contribution in [1.82, 2.24) is 0 Å². The van der Waals surface area contributed by atoms with Crippen LogP contribution < -0.4 is 0 Å². The van der Waals surface area contributed by atoms with Gasteiger partial charge in [-0.2, -0.15) is 0 Å². The van der Waals surface area contributed by atoms with Crippen molar-refractivity contribution in [3.63, 3.8) is 0 Å². The van der Waals surface area contributed by atoms with Gasteiger partial charge in [0.1, 0.15) is 23.9 Å². The van der Waals surface area contributed by atoms with Crippen LogP contribution in [0.25, 0.3) is 0 Å². The van der Waals surface area contributed by atoms with Crippen molar-refractivity contribution in [3.05, 3.63) is 47.0 Å². The number of esters is 1. The van der Waals surface area contributed by atoms with E-state index in [-0.39, 0.29) is 58.5 Å². The number of Topliss-reactive ketones (excluding diaryl/α,β-unsaturated/α-hetero) is 1. The Morgan fingerprint density at radius 1 is 0.729 bits per heavy atom. The van der Waals surface area contributed by atoms with Gasteiger partial charge < -0.3 is 49.9 Å². The van der Waals surface area contributed by atoms with Gasteiger partial charge in [-0.05, 0) is 83.5 Å². The Bertz CT molecular complexity index is 2020. The number of fused-ring (bicyclic) bond motifs is 5. The van der Waals surface area contributed by atoms with Gasteiger partial charge in [0.2, 0.25) is 9.04 Å². The molecule has 1 saturated heterocycles. The van der Waals surface area contributed by atoms with E-state index in [0.717, 1.165) is 5.57 Å². The summed E-state index contributed by atoms with van der Waals surface area (Å²) in [4.78, 5) is 46.7. The molecular weight excluding hydrogens is 961 g/mol. The van der Waals surface area contributed by atoms with Crippen LogP contribution in [0, 0.1) is 16.7 Å². The predicted molar refractivity (Wildman–Crippen MR) is 279 cm³/mol. The Morgan fingerprint density at radius 2 is 1.21 bits per heavy atom. The Labute approximate surface area is 425 Å². The van der Waals surface area contributed by atoms with E-state index in [0.29, 0.717) is 11.1 Å². The van der Waals surface area contributed by atoms with Crippen LogP contribution in [0.2, 0.25) is 46.3 Å². The van der Waals surface area contributed by atoms with E-state index in [2.05, 4.69) is 117 Å². The zero-order valence-corrected chi connectivity index (χ0v) is 50.7. The fourth-order valence-corrected chi connectivity index (χ4v) is 25.5. The maximum absolute atomic E-state index is 17.5. The number of hydrogen-bond acceptors (Lipinski definition) is 14. The molecule has 2 bridgehead atoms. The molecule has 3 fully saturated rings. The molecule has 1 aliphatic heterocycles. The fourth-order valence-electron chi connectivity index (χ4n) is 13.5. The van der Waals surface area contributed by atoms with Crippen molar-refractivity contribution in [2.45, 2.75) is 212 Å². The molecule has 0 aromatic heterocycles. The highest BCUT2D eigenvalue weighted by Crippen LogP contribution is 2.67. The Kier molecular flexibility index (Phi) is 18.2. The average molecular weight is 1050 g/mol. The van der Waals surface area contributed by atoms with Gasteiger partial charge in [-0.25, -0.2) is 9.59 Å². The minimum absolute atomic E-state index is 0.0102. The molecule has 2 saturated carbocycles. The molecule has 70 heavy (non-hydrogen) atoms. The van der Waals surface area contributed by atoms with Crippen LogP contribution in [0.5, 0.6) is 0 Å². The van der Waals surface area contributed by atoms with Crippen LogP contribution in [0.15, 0.2) is 41.5 Å². The van der Waals surface area contributed by atoms with E-state index in [1.807, 2.05) is 13.0 Å². The highest BCUT2D eigenvalue weighted by molar-refractivity contribution is 6.71. The van der Waals surface area contributed by atoms with Crippen molar-refractivity contribution in [2.24, 2.45) is 16.7 Å². The van der Waals surface area contributed by atoms with Gasteiger partial charge in [-0.15, -0.1) is 0 Å². The van der Waals surface area contributed by atoms with Crippen molar-refractivity contribution < 1.29 is 64.3 Å². The molecule has 0 spiro atoms. The van der Waals surface area contributed by atoms with Gasteiger partial charge in [0.05, 0.1) is 42.8 Å². The third-order valence-electron chi connectivity index (χ3n) is 17.1. The van der Waals surface area contributed by atoms with Gasteiger partial charge in [0.25, 0.3) is 0 Å². The topological polar surface area (TPSA) is 153 Å². The molecule has 1 radical (unpaired) electrons. The van der Waals surface area contributed by atoms with Crippen LogP contribution in [0.4, 0.5) is 4.79 Å². The van der Waals surface area contributed by atoms with Gasteiger partial charge in [-0.3, -0.25) is 4.79 Å². The van der Waals surface area contributed by atoms with Crippen LogP contribution in [0.1, 0.15) is 134 Å². The van der Waals surface area contributed by atoms with Crippen molar-refractivity contribution in [3.8, 4) is 0 Å². The molecule has 18 heteroatoms. The lowest BCUT2D eigenvalue weighted by Gasteiger charge is -2.69. The lowest BCUT2D eigenvalue weighted by Crippen LogP contribution is -2.83. The van der Waals surface area contributed by atoms with E-state index < -0.39 is 105 Å². The molecule has 397 valence electrons. The van der Waals surface area contributed by atoms with E-state index >= 15 is 9.59 Å². The molecule has 5 rings (SSSR count). The molecule has 14 nitrogen and oxygen atoms in total. The summed E-state index contributed by atoms with van der Waals surface area (Å²) in [5, 5.41) is 0. The molecule has 1 aromatic rings. The number of hydrogen-bond donors (Lipinski definition) is 0. The summed E-state index contributed by atoms with van der Waals surface area (Å²) >= 11 is 0. The van der Waals surface area contributed by atoms with Crippen LogP contribution in [-0.4, -0.2) is 129 Å². The molecular formula is C52H89O14Si4. The number of methoxy groups -OCH3 is 1. The second-order valence-electron chi connectivity index (χ2n) is 23.1. The number of benzene rings is 1. The predicted octanol–water partition coefficient (Wildman–Crippen LogP) is 11.4. The Balaban J connectivity index is 2.10. The third kappa shape index (κ3) is 9.40. The average Bonchev–Trinajstić information content (AvgIpc) is 3.28. The summed E-state index contributed by atoms with van der Waals surface area (Å²) < 4.78 is 76.5. The van der Waals surface area contributed by atoms with Crippen LogP contribution in [0.3, 0.4) is 0 Å². The summed E-state index contributed by atoms with van der Waals surface area (Å²) in [6.45, 7) is 37.4. The molecule has 9 atom stereocenters. The van der Waals surface area contributed by atoms with Crippen LogP contribution in [-0.2, 0) is 54.7 Å². The Morgan fingerprint density at radius 3 is 1.64 bits per heavy atom. The van der Waals surface area contributed by atoms with Gasteiger partial charge in [0, 0.05) is 39.6 Å². The highest BCUT2D eigenvalue weighted by atomic mass is 28.4. The van der Waals surface area contributed by atoms with Crippen molar-refractivity contribution in [2.75, 3.05) is 35.0 Å². The molecule has 1 heterocycles. The molecule has 3 unspecified atom stereocenters. The molecule has 0 N–H and O–H groups in total. The standard InChI is InChI=1S/C52H89O14Si4/c1-31(2)68(57-18,32(3)4)63-39-29-52(66-67(21)22)46(61-47(54)38-26-24-23-25-27-38)44-50(16,45(53)43(42(37(39)13)49(52,14)15)65-70(59-20,35(9)10)36(11)12)40(64-69(58-19,33(5)6)34(7)8)28-41-51(44,30-60-41)62-48(55)56-17/h23-27,31-36,39-41,43-44,46H,28-30H2,1-22H3/t39-,40-,41?,43+,44?,46?,50+,51-,52+/m0/s1. The first-order valence-electron chi connectivity index (χ1n) is 25.6. The molecule has 0 amide bonds. The maximum Gasteiger partial charge on any atom is 0.508 e. The minimum atomic E-state index is -3.38. The first-order chi connectivity index (χ1) is 32.5. The summed E-state index contributed by atoms with van der Waals surface area (Å²) in [6.07, 6.45) is -5.69.